The van der Waals surface area contributed by atoms with Crippen LogP contribution in [0.2, 0.25) is 10.0 Å². The van der Waals surface area contributed by atoms with Gasteiger partial charge in [0.1, 0.15) is 6.54 Å². The minimum atomic E-state index is -0.974. The van der Waals surface area contributed by atoms with Crippen LogP contribution in [-0.2, 0) is 9.59 Å². The Kier molecular flexibility index (Phi) is 7.11. The first-order chi connectivity index (χ1) is 11.8. The molecule has 0 radical (unpaired) electrons. The number of rotatable bonds is 5. The third-order valence-electron chi connectivity index (χ3n) is 4.84. The molecule has 1 aliphatic heterocycles. The third kappa shape index (κ3) is 5.33. The van der Waals surface area contributed by atoms with Crippen LogP contribution in [0.5, 0.6) is 0 Å². The standard InChI is InChI=1S/C18H24Cl2N2O3/c1-12(16-6-5-14(19)10-17(16)20)21-8-3-4-15(7-9-21)22(13(2)23)11-18(24)25/h5-6,10,12,15H,3-4,7-9,11H2,1-2H3,(H,24,25). The van der Waals surface area contributed by atoms with Crippen molar-refractivity contribution in [3.8, 4) is 0 Å². The fourth-order valence-corrected chi connectivity index (χ4v) is 4.05. The van der Waals surface area contributed by atoms with Gasteiger partial charge in [0.15, 0.2) is 0 Å². The van der Waals surface area contributed by atoms with Crippen LogP contribution in [-0.4, -0.2) is 52.5 Å². The topological polar surface area (TPSA) is 60.9 Å². The van der Waals surface area contributed by atoms with Gasteiger partial charge >= 0.3 is 5.97 Å². The number of halogens is 2. The van der Waals surface area contributed by atoms with Crippen LogP contribution in [0.15, 0.2) is 18.2 Å². The van der Waals surface area contributed by atoms with E-state index in [1.807, 2.05) is 12.1 Å². The molecule has 1 aromatic rings. The normalized spacial score (nSPS) is 19.9. The molecule has 5 nitrogen and oxygen atoms in total. The molecule has 2 atom stereocenters. The van der Waals surface area contributed by atoms with E-state index in [9.17, 15) is 9.59 Å². The van der Waals surface area contributed by atoms with Crippen molar-refractivity contribution in [3.63, 3.8) is 0 Å². The molecule has 1 aliphatic rings. The smallest absolute Gasteiger partial charge is 0.323 e. The highest BCUT2D eigenvalue weighted by Gasteiger charge is 2.28. The Morgan fingerprint density at radius 1 is 1.32 bits per heavy atom. The maximum absolute atomic E-state index is 11.8. The van der Waals surface area contributed by atoms with E-state index in [0.29, 0.717) is 10.0 Å². The van der Waals surface area contributed by atoms with E-state index in [1.165, 1.54) is 11.8 Å². The largest absolute Gasteiger partial charge is 0.480 e. The number of carbonyl (C=O) groups is 2. The van der Waals surface area contributed by atoms with E-state index in [-0.39, 0.29) is 24.5 Å². The quantitative estimate of drug-likeness (QED) is 0.834. The van der Waals surface area contributed by atoms with Gasteiger partial charge in [-0.05, 0) is 50.4 Å². The Bertz CT molecular complexity index is 639. The molecule has 1 heterocycles. The molecule has 1 aromatic carbocycles. The Balaban J connectivity index is 2.07. The van der Waals surface area contributed by atoms with Gasteiger partial charge in [0.2, 0.25) is 5.91 Å². The summed E-state index contributed by atoms with van der Waals surface area (Å²) < 4.78 is 0. The van der Waals surface area contributed by atoms with E-state index in [4.69, 9.17) is 28.3 Å². The van der Waals surface area contributed by atoms with Gasteiger partial charge in [-0.2, -0.15) is 0 Å². The Hall–Kier alpha value is -1.30. The number of benzene rings is 1. The first-order valence-electron chi connectivity index (χ1n) is 8.47. The minimum Gasteiger partial charge on any atom is -0.480 e. The summed E-state index contributed by atoms with van der Waals surface area (Å²) in [4.78, 5) is 26.7. The monoisotopic (exact) mass is 386 g/mol. The molecule has 7 heteroatoms. The lowest BCUT2D eigenvalue weighted by Crippen LogP contribution is -2.42. The van der Waals surface area contributed by atoms with Crippen molar-refractivity contribution in [2.75, 3.05) is 19.6 Å². The number of carbonyl (C=O) groups excluding carboxylic acids is 1. The van der Waals surface area contributed by atoms with Crippen molar-refractivity contribution in [1.82, 2.24) is 9.80 Å². The Morgan fingerprint density at radius 3 is 2.64 bits per heavy atom. The molecule has 0 bridgehead atoms. The van der Waals surface area contributed by atoms with Crippen LogP contribution >= 0.6 is 23.2 Å². The third-order valence-corrected chi connectivity index (χ3v) is 5.41. The summed E-state index contributed by atoms with van der Waals surface area (Å²) in [6, 6.07) is 5.63. The zero-order valence-electron chi connectivity index (χ0n) is 14.5. The first kappa shape index (κ1) is 20.0. The molecule has 1 amide bonds. The maximum Gasteiger partial charge on any atom is 0.323 e. The highest BCUT2D eigenvalue weighted by molar-refractivity contribution is 6.35. The number of aliphatic carboxylic acids is 1. The second-order valence-corrected chi connectivity index (χ2v) is 7.35. The Morgan fingerprint density at radius 2 is 2.04 bits per heavy atom. The van der Waals surface area contributed by atoms with Crippen molar-refractivity contribution in [2.24, 2.45) is 0 Å². The zero-order valence-corrected chi connectivity index (χ0v) is 16.1. The number of carboxylic acid groups (broad SMARTS) is 1. The minimum absolute atomic E-state index is 0.0357. The van der Waals surface area contributed by atoms with Gasteiger partial charge in [0.05, 0.1) is 0 Å². The lowest BCUT2D eigenvalue weighted by molar-refractivity contribution is -0.145. The van der Waals surface area contributed by atoms with Gasteiger partial charge in [-0.1, -0.05) is 29.3 Å². The molecule has 2 rings (SSSR count). The van der Waals surface area contributed by atoms with Crippen LogP contribution in [0.25, 0.3) is 0 Å². The van der Waals surface area contributed by atoms with E-state index >= 15 is 0 Å². The SMILES string of the molecule is CC(=O)N(CC(=O)O)C1CCCN(C(C)c2ccc(Cl)cc2Cl)CC1. The van der Waals surface area contributed by atoms with Crippen LogP contribution in [0.3, 0.4) is 0 Å². The van der Waals surface area contributed by atoms with Gasteiger partial charge in [-0.25, -0.2) is 0 Å². The number of likely N-dealkylation sites (tertiary alicyclic amines) is 1. The van der Waals surface area contributed by atoms with Crippen molar-refractivity contribution in [3.05, 3.63) is 33.8 Å². The molecule has 1 saturated heterocycles. The molecular formula is C18H24Cl2N2O3. The molecule has 2 unspecified atom stereocenters. The van der Waals surface area contributed by atoms with Gasteiger partial charge in [-0.3, -0.25) is 14.5 Å². The van der Waals surface area contributed by atoms with Crippen molar-refractivity contribution in [2.45, 2.75) is 45.2 Å². The lowest BCUT2D eigenvalue weighted by Gasteiger charge is -2.30. The van der Waals surface area contributed by atoms with Crippen LogP contribution < -0.4 is 0 Å². The fourth-order valence-electron chi connectivity index (χ4n) is 3.48. The van der Waals surface area contributed by atoms with Crippen molar-refractivity contribution in [1.29, 1.82) is 0 Å². The predicted molar refractivity (Wildman–Crippen MR) is 99.1 cm³/mol. The van der Waals surface area contributed by atoms with Gasteiger partial charge in [0, 0.05) is 35.6 Å². The molecule has 25 heavy (non-hydrogen) atoms. The zero-order chi connectivity index (χ0) is 18.6. The number of hydrogen-bond acceptors (Lipinski definition) is 3. The highest BCUT2D eigenvalue weighted by Crippen LogP contribution is 2.31. The van der Waals surface area contributed by atoms with Crippen molar-refractivity contribution >= 4 is 35.1 Å². The first-order valence-corrected chi connectivity index (χ1v) is 9.23. The van der Waals surface area contributed by atoms with Crippen LogP contribution in [0.4, 0.5) is 0 Å². The van der Waals surface area contributed by atoms with E-state index < -0.39 is 5.97 Å². The van der Waals surface area contributed by atoms with E-state index in [2.05, 4.69) is 11.8 Å². The molecule has 0 aromatic heterocycles. The number of amides is 1. The number of hydrogen-bond donors (Lipinski definition) is 1. The summed E-state index contributed by atoms with van der Waals surface area (Å²) in [7, 11) is 0. The second kappa shape index (κ2) is 8.88. The molecule has 0 saturated carbocycles. The summed E-state index contributed by atoms with van der Waals surface area (Å²) in [6.07, 6.45) is 2.47. The summed E-state index contributed by atoms with van der Waals surface area (Å²) >= 11 is 12.3. The average Bonchev–Trinajstić information content (AvgIpc) is 2.77. The number of carboxylic acids is 1. The molecule has 0 spiro atoms. The summed E-state index contributed by atoms with van der Waals surface area (Å²) in [5.41, 5.74) is 1.03. The van der Waals surface area contributed by atoms with Gasteiger partial charge in [0.25, 0.3) is 0 Å². The molecule has 0 aliphatic carbocycles. The maximum atomic E-state index is 11.8. The van der Waals surface area contributed by atoms with E-state index in [0.717, 1.165) is 37.9 Å². The lowest BCUT2D eigenvalue weighted by atomic mass is 10.1. The fraction of sp³-hybridized carbons (Fsp3) is 0.556. The Labute approximate surface area is 158 Å². The van der Waals surface area contributed by atoms with Crippen LogP contribution in [0, 0.1) is 0 Å². The average molecular weight is 387 g/mol. The van der Waals surface area contributed by atoms with Gasteiger partial charge < -0.3 is 10.0 Å². The molecule has 1 N–H and O–H groups in total. The molecular weight excluding hydrogens is 363 g/mol. The van der Waals surface area contributed by atoms with E-state index in [1.54, 1.807) is 6.07 Å². The van der Waals surface area contributed by atoms with Crippen molar-refractivity contribution < 1.29 is 14.7 Å². The summed E-state index contributed by atoms with van der Waals surface area (Å²) in [6.45, 7) is 4.97. The van der Waals surface area contributed by atoms with Crippen LogP contribution in [0.1, 0.15) is 44.7 Å². The highest BCUT2D eigenvalue weighted by atomic mass is 35.5. The summed E-state index contributed by atoms with van der Waals surface area (Å²) in [5.74, 6) is -1.16. The molecule has 1 fully saturated rings. The van der Waals surface area contributed by atoms with Gasteiger partial charge in [-0.15, -0.1) is 0 Å². The second-order valence-electron chi connectivity index (χ2n) is 6.50. The number of nitrogens with zero attached hydrogens (tertiary/aromatic N) is 2. The molecule has 138 valence electrons. The predicted octanol–water partition coefficient (Wildman–Crippen LogP) is 3.84. The summed E-state index contributed by atoms with van der Waals surface area (Å²) in [5, 5.41) is 10.3.